The monoisotopic (exact) mass is 395 g/mol. The second-order valence-corrected chi connectivity index (χ2v) is 21.0. The van der Waals surface area contributed by atoms with Crippen molar-refractivity contribution in [2.45, 2.75) is 14.8 Å². The van der Waals surface area contributed by atoms with E-state index in [0.29, 0.717) is 0 Å². The van der Waals surface area contributed by atoms with Crippen molar-refractivity contribution >= 4 is 45.0 Å². The molecule has 1 nitrogen and oxygen atoms in total. The van der Waals surface area contributed by atoms with Crippen molar-refractivity contribution in [3.05, 3.63) is 71.9 Å². The molecule has 0 saturated heterocycles. The van der Waals surface area contributed by atoms with Gasteiger partial charge in [-0.1, -0.05) is 0 Å². The minimum absolute atomic E-state index is 1.23. The topological polar surface area (TPSA) is 12.9 Å². The summed E-state index contributed by atoms with van der Waals surface area (Å²) in [6.45, 7) is 0. The SMILES string of the molecule is [CH3][Sn]([CH3])([CH3])[c]1cc(/C=C/c2ccc3ccccc3c2)ccn1. The molecule has 2 heteroatoms. The van der Waals surface area contributed by atoms with Gasteiger partial charge in [0.05, 0.1) is 0 Å². The molecule has 0 N–H and O–H groups in total. The van der Waals surface area contributed by atoms with Crippen molar-refractivity contribution in [3.63, 3.8) is 0 Å². The first kappa shape index (κ1) is 15.3. The average molecular weight is 394 g/mol. The summed E-state index contributed by atoms with van der Waals surface area (Å²) in [7, 11) is 0. The van der Waals surface area contributed by atoms with Crippen LogP contribution in [0.4, 0.5) is 0 Å². The second kappa shape index (κ2) is 6.25. The van der Waals surface area contributed by atoms with Crippen molar-refractivity contribution in [1.82, 2.24) is 4.98 Å². The molecule has 0 atom stereocenters. The Labute approximate surface area is 136 Å². The molecular formula is C20H21NSn. The van der Waals surface area contributed by atoms with E-state index in [1.165, 1.54) is 25.6 Å². The van der Waals surface area contributed by atoms with Crippen LogP contribution in [-0.2, 0) is 0 Å². The average Bonchev–Trinajstić information content (AvgIpc) is 2.52. The molecule has 3 rings (SSSR count). The molecule has 0 saturated carbocycles. The molecule has 0 aliphatic rings. The van der Waals surface area contributed by atoms with Crippen LogP contribution in [0.3, 0.4) is 0 Å². The number of rotatable bonds is 3. The standard InChI is InChI=1S/C17H12N.3CH3.Sn/c1-2-4-17-13-15(7-8-16(17)3-1)6-5-14-9-11-18-12-10-14;;;;/h1-11,13H;3*1H3;/b6-5+;;;;. The van der Waals surface area contributed by atoms with Crippen molar-refractivity contribution in [3.8, 4) is 0 Å². The number of benzene rings is 2. The third kappa shape index (κ3) is 3.58. The first-order valence-corrected chi connectivity index (χ1v) is 17.6. The Kier molecular flexibility index (Phi) is 4.34. The van der Waals surface area contributed by atoms with Crippen LogP contribution in [0, 0.1) is 0 Å². The summed E-state index contributed by atoms with van der Waals surface area (Å²) in [5.41, 5.74) is 2.47. The van der Waals surface area contributed by atoms with Gasteiger partial charge in [-0.15, -0.1) is 0 Å². The van der Waals surface area contributed by atoms with Gasteiger partial charge in [0.1, 0.15) is 0 Å². The molecule has 110 valence electrons. The first-order valence-electron chi connectivity index (χ1n) is 7.66. The molecule has 0 unspecified atom stereocenters. The van der Waals surface area contributed by atoms with Crippen LogP contribution >= 0.6 is 0 Å². The molecule has 0 fully saturated rings. The summed E-state index contributed by atoms with van der Waals surface area (Å²) in [4.78, 5) is 11.8. The number of pyridine rings is 1. The van der Waals surface area contributed by atoms with E-state index < -0.39 is 18.4 Å². The Bertz CT molecular complexity index is 828. The van der Waals surface area contributed by atoms with Crippen molar-refractivity contribution in [1.29, 1.82) is 0 Å². The predicted molar refractivity (Wildman–Crippen MR) is 100 cm³/mol. The van der Waals surface area contributed by atoms with Gasteiger partial charge in [0.15, 0.2) is 0 Å². The van der Waals surface area contributed by atoms with E-state index in [1.807, 2.05) is 6.20 Å². The zero-order chi connectivity index (χ0) is 15.6. The van der Waals surface area contributed by atoms with E-state index in [0.717, 1.165) is 0 Å². The molecule has 1 aromatic heterocycles. The van der Waals surface area contributed by atoms with Crippen LogP contribution in [-0.4, -0.2) is 23.4 Å². The van der Waals surface area contributed by atoms with E-state index >= 15 is 0 Å². The van der Waals surface area contributed by atoms with Gasteiger partial charge in [0, 0.05) is 0 Å². The fourth-order valence-electron chi connectivity index (χ4n) is 2.46. The van der Waals surface area contributed by atoms with Crippen LogP contribution in [0.5, 0.6) is 0 Å². The van der Waals surface area contributed by atoms with E-state index in [2.05, 4.69) is 86.6 Å². The van der Waals surface area contributed by atoms with Crippen LogP contribution < -0.4 is 3.71 Å². The second-order valence-electron chi connectivity index (χ2n) is 6.66. The van der Waals surface area contributed by atoms with E-state index in [4.69, 9.17) is 0 Å². The summed E-state index contributed by atoms with van der Waals surface area (Å²) in [5, 5.41) is 2.57. The van der Waals surface area contributed by atoms with Gasteiger partial charge in [-0.05, 0) is 0 Å². The van der Waals surface area contributed by atoms with E-state index in [1.54, 1.807) is 0 Å². The predicted octanol–water partition coefficient (Wildman–Crippen LogP) is 4.95. The van der Waals surface area contributed by atoms with Gasteiger partial charge in [0.2, 0.25) is 0 Å². The van der Waals surface area contributed by atoms with E-state index in [9.17, 15) is 0 Å². The normalized spacial score (nSPS) is 12.1. The number of hydrogen-bond donors (Lipinski definition) is 0. The maximum atomic E-state index is 4.57. The van der Waals surface area contributed by atoms with Crippen LogP contribution in [0.25, 0.3) is 22.9 Å². The van der Waals surface area contributed by atoms with Crippen molar-refractivity contribution in [2.24, 2.45) is 0 Å². The maximum absolute atomic E-state index is 4.57. The Morgan fingerprint density at radius 2 is 1.45 bits per heavy atom. The van der Waals surface area contributed by atoms with Crippen LogP contribution in [0.1, 0.15) is 11.1 Å². The third-order valence-corrected chi connectivity index (χ3v) is 8.96. The van der Waals surface area contributed by atoms with Crippen LogP contribution in [0.2, 0.25) is 14.8 Å². The molecular weight excluding hydrogens is 373 g/mol. The summed E-state index contributed by atoms with van der Waals surface area (Å²) < 4.78 is 1.33. The number of hydrogen-bond acceptors (Lipinski definition) is 1. The van der Waals surface area contributed by atoms with Crippen molar-refractivity contribution in [2.75, 3.05) is 0 Å². The Hall–Kier alpha value is -1.61. The van der Waals surface area contributed by atoms with Crippen LogP contribution in [0.15, 0.2) is 60.8 Å². The Morgan fingerprint density at radius 3 is 2.18 bits per heavy atom. The molecule has 3 aromatic rings. The van der Waals surface area contributed by atoms with Crippen molar-refractivity contribution < 1.29 is 0 Å². The molecule has 0 radical (unpaired) electrons. The fourth-order valence-corrected chi connectivity index (χ4v) is 5.49. The Morgan fingerprint density at radius 1 is 0.773 bits per heavy atom. The number of aromatic nitrogens is 1. The molecule has 22 heavy (non-hydrogen) atoms. The molecule has 0 bridgehead atoms. The quantitative estimate of drug-likeness (QED) is 0.573. The molecule has 1 heterocycles. The molecule has 0 aliphatic heterocycles. The minimum atomic E-state index is -2.09. The Balaban J connectivity index is 1.89. The summed E-state index contributed by atoms with van der Waals surface area (Å²) in [5.74, 6) is 0. The van der Waals surface area contributed by atoms with Gasteiger partial charge in [-0.2, -0.15) is 0 Å². The van der Waals surface area contributed by atoms with Gasteiger partial charge < -0.3 is 0 Å². The summed E-state index contributed by atoms with van der Waals surface area (Å²) in [6, 6.07) is 19.4. The number of nitrogens with zero attached hydrogens (tertiary/aromatic N) is 1. The zero-order valence-electron chi connectivity index (χ0n) is 13.4. The van der Waals surface area contributed by atoms with Gasteiger partial charge in [-0.25, -0.2) is 0 Å². The molecule has 0 amide bonds. The molecule has 0 spiro atoms. The molecule has 0 aliphatic carbocycles. The summed E-state index contributed by atoms with van der Waals surface area (Å²) in [6.07, 6.45) is 6.31. The third-order valence-electron chi connectivity index (χ3n) is 3.79. The van der Waals surface area contributed by atoms with E-state index in [-0.39, 0.29) is 0 Å². The zero-order valence-corrected chi connectivity index (χ0v) is 16.2. The van der Waals surface area contributed by atoms with Gasteiger partial charge in [0.25, 0.3) is 0 Å². The summed E-state index contributed by atoms with van der Waals surface area (Å²) >= 11 is -2.09. The molecule has 2 aromatic carbocycles. The van der Waals surface area contributed by atoms with Gasteiger partial charge in [-0.3, -0.25) is 0 Å². The number of fused-ring (bicyclic) bond motifs is 1. The van der Waals surface area contributed by atoms with Gasteiger partial charge >= 0.3 is 137 Å². The fraction of sp³-hybridized carbons (Fsp3) is 0.150. The first-order chi connectivity index (χ1) is 10.5.